The van der Waals surface area contributed by atoms with E-state index in [1.54, 1.807) is 0 Å². The molecule has 2 saturated carbocycles. The van der Waals surface area contributed by atoms with Crippen molar-refractivity contribution in [3.63, 3.8) is 0 Å². The van der Waals surface area contributed by atoms with Crippen LogP contribution in [0.3, 0.4) is 0 Å². The van der Waals surface area contributed by atoms with E-state index in [9.17, 15) is 9.59 Å². The lowest BCUT2D eigenvalue weighted by Crippen LogP contribution is -2.44. The van der Waals surface area contributed by atoms with Gasteiger partial charge < -0.3 is 10.1 Å². The highest BCUT2D eigenvalue weighted by atomic mass is 16.5. The molecule has 2 fully saturated rings. The predicted molar refractivity (Wildman–Crippen MR) is 152 cm³/mol. The van der Waals surface area contributed by atoms with Gasteiger partial charge in [-0.2, -0.15) is 0 Å². The third kappa shape index (κ3) is 5.34. The fourth-order valence-electron chi connectivity index (χ4n) is 6.15. The molecular formula is C33H40N2O3. The van der Waals surface area contributed by atoms with Crippen LogP contribution in [0.25, 0.3) is 22.2 Å². The van der Waals surface area contributed by atoms with Crippen LogP contribution >= 0.6 is 0 Å². The van der Waals surface area contributed by atoms with Crippen molar-refractivity contribution in [3.05, 3.63) is 65.2 Å². The third-order valence-corrected chi connectivity index (χ3v) is 8.43. The molecule has 1 N–H and O–H groups in total. The van der Waals surface area contributed by atoms with Crippen molar-refractivity contribution in [2.75, 3.05) is 6.61 Å². The minimum Gasteiger partial charge on any atom is -0.466 e. The van der Waals surface area contributed by atoms with Gasteiger partial charge in [-0.1, -0.05) is 61.7 Å². The van der Waals surface area contributed by atoms with Gasteiger partial charge >= 0.3 is 5.97 Å². The summed E-state index contributed by atoms with van der Waals surface area (Å²) in [6.45, 7) is 6.51. The average Bonchev–Trinajstić information content (AvgIpc) is 3.78. The maximum absolute atomic E-state index is 14.1. The molecule has 5 rings (SSSR count). The fraction of sp³-hybridized carbons (Fsp3) is 0.485. The predicted octanol–water partition coefficient (Wildman–Crippen LogP) is 7.50. The van der Waals surface area contributed by atoms with Crippen molar-refractivity contribution in [3.8, 4) is 11.3 Å². The van der Waals surface area contributed by atoms with E-state index in [-0.39, 0.29) is 17.9 Å². The number of ether oxygens (including phenoxy) is 1. The molecule has 0 spiro atoms. The first kappa shape index (κ1) is 26.4. The van der Waals surface area contributed by atoms with E-state index in [1.807, 2.05) is 31.2 Å². The molecule has 38 heavy (non-hydrogen) atoms. The maximum atomic E-state index is 14.1. The van der Waals surface area contributed by atoms with Crippen molar-refractivity contribution in [1.82, 2.24) is 10.3 Å². The Morgan fingerprint density at radius 1 is 1.03 bits per heavy atom. The van der Waals surface area contributed by atoms with Gasteiger partial charge in [-0.25, -0.2) is 4.98 Å². The Hall–Kier alpha value is -3.21. The molecule has 2 aromatic carbocycles. The van der Waals surface area contributed by atoms with Gasteiger partial charge in [0.2, 0.25) is 0 Å². The van der Waals surface area contributed by atoms with E-state index in [0.29, 0.717) is 12.5 Å². The number of benzene rings is 2. The summed E-state index contributed by atoms with van der Waals surface area (Å²) in [5, 5.41) is 4.33. The zero-order valence-corrected chi connectivity index (χ0v) is 23.0. The number of aromatic nitrogens is 1. The number of aryl methyl sites for hydroxylation is 1. The number of esters is 1. The van der Waals surface area contributed by atoms with Crippen LogP contribution in [-0.4, -0.2) is 29.5 Å². The lowest BCUT2D eigenvalue weighted by Gasteiger charge is -2.38. The van der Waals surface area contributed by atoms with Gasteiger partial charge in [0.25, 0.3) is 5.91 Å². The third-order valence-electron chi connectivity index (χ3n) is 8.43. The zero-order chi connectivity index (χ0) is 26.7. The number of rotatable bonds is 9. The molecule has 0 saturated heterocycles. The highest BCUT2D eigenvalue weighted by molar-refractivity contribution is 6.09. The smallest absolute Gasteiger partial charge is 0.312 e. The highest BCUT2D eigenvalue weighted by Gasteiger charge is 2.43. The fourth-order valence-corrected chi connectivity index (χ4v) is 6.15. The second-order valence-corrected chi connectivity index (χ2v) is 11.3. The second-order valence-electron chi connectivity index (χ2n) is 11.3. The van der Waals surface area contributed by atoms with Crippen LogP contribution < -0.4 is 5.32 Å². The minimum absolute atomic E-state index is 0.00993. The van der Waals surface area contributed by atoms with Gasteiger partial charge in [-0.3, -0.25) is 9.59 Å². The SMILES string of the molecule is CCCCC1(C(=O)OCC)CCC(NC(=O)c2c(C3CC3)c(-c3ccccc3)nc3ccc(C)cc23)CC1. The summed E-state index contributed by atoms with van der Waals surface area (Å²) in [4.78, 5) is 32.1. The van der Waals surface area contributed by atoms with Gasteiger partial charge in [-0.05, 0) is 82.4 Å². The molecule has 0 atom stereocenters. The minimum atomic E-state index is -0.409. The molecule has 3 aromatic rings. The number of fused-ring (bicyclic) bond motifs is 1. The number of nitrogens with one attached hydrogen (secondary N) is 1. The Bertz CT molecular complexity index is 1300. The van der Waals surface area contributed by atoms with E-state index in [1.165, 1.54) is 0 Å². The van der Waals surface area contributed by atoms with Crippen LogP contribution in [-0.2, 0) is 9.53 Å². The molecule has 0 unspecified atom stereocenters. The van der Waals surface area contributed by atoms with Crippen molar-refractivity contribution in [2.45, 2.75) is 90.5 Å². The van der Waals surface area contributed by atoms with Crippen LogP contribution in [0.1, 0.15) is 99.0 Å². The van der Waals surface area contributed by atoms with Crippen LogP contribution in [0.4, 0.5) is 0 Å². The molecule has 0 bridgehead atoms. The summed E-state index contributed by atoms with van der Waals surface area (Å²) in [6, 6.07) is 16.5. The largest absolute Gasteiger partial charge is 0.466 e. The number of pyridine rings is 1. The second kappa shape index (κ2) is 11.3. The summed E-state index contributed by atoms with van der Waals surface area (Å²) in [5.41, 5.74) is 5.43. The van der Waals surface area contributed by atoms with E-state index < -0.39 is 5.41 Å². The summed E-state index contributed by atoms with van der Waals surface area (Å²) < 4.78 is 5.50. The van der Waals surface area contributed by atoms with Crippen LogP contribution in [0.2, 0.25) is 0 Å². The van der Waals surface area contributed by atoms with E-state index in [4.69, 9.17) is 9.72 Å². The first-order chi connectivity index (χ1) is 18.5. The molecule has 1 aromatic heterocycles. The number of carbonyl (C=O) groups is 2. The summed E-state index contributed by atoms with van der Waals surface area (Å²) in [5.74, 6) is 0.293. The van der Waals surface area contributed by atoms with Crippen molar-refractivity contribution < 1.29 is 14.3 Å². The van der Waals surface area contributed by atoms with Crippen LogP contribution in [0.15, 0.2) is 48.5 Å². The molecule has 0 aliphatic heterocycles. The van der Waals surface area contributed by atoms with Crippen molar-refractivity contribution in [1.29, 1.82) is 0 Å². The topological polar surface area (TPSA) is 68.3 Å². The molecule has 0 radical (unpaired) electrons. The zero-order valence-electron chi connectivity index (χ0n) is 23.0. The standard InChI is InChI=1S/C33H40N2O3/c1-4-6-18-33(32(37)38-5-2)19-16-25(17-20-33)34-31(36)29-26-21-22(3)12-15-27(26)35-30(28(29)23-13-14-23)24-10-8-7-9-11-24/h7-12,15,21,23,25H,4-6,13-14,16-20H2,1-3H3,(H,34,36). The number of amides is 1. The Balaban J connectivity index is 1.46. The van der Waals surface area contributed by atoms with Crippen molar-refractivity contribution in [2.24, 2.45) is 5.41 Å². The number of hydrogen-bond acceptors (Lipinski definition) is 4. The Morgan fingerprint density at radius 2 is 1.76 bits per heavy atom. The first-order valence-corrected chi connectivity index (χ1v) is 14.4. The molecule has 2 aliphatic carbocycles. The van der Waals surface area contributed by atoms with Crippen LogP contribution in [0, 0.1) is 12.3 Å². The van der Waals surface area contributed by atoms with Gasteiger partial charge in [0.05, 0.1) is 28.8 Å². The molecular weight excluding hydrogens is 472 g/mol. The molecule has 1 amide bonds. The van der Waals surface area contributed by atoms with Crippen LogP contribution in [0.5, 0.6) is 0 Å². The highest BCUT2D eigenvalue weighted by Crippen LogP contribution is 2.47. The molecule has 2 aliphatic rings. The van der Waals surface area contributed by atoms with Crippen molar-refractivity contribution >= 4 is 22.8 Å². The molecule has 5 heteroatoms. The maximum Gasteiger partial charge on any atom is 0.312 e. The van der Waals surface area contributed by atoms with Gasteiger partial charge in [-0.15, -0.1) is 0 Å². The number of nitrogens with zero attached hydrogens (tertiary/aromatic N) is 1. The monoisotopic (exact) mass is 512 g/mol. The normalized spacial score (nSPS) is 21.3. The first-order valence-electron chi connectivity index (χ1n) is 14.4. The summed E-state index contributed by atoms with van der Waals surface area (Å²) >= 11 is 0. The Kier molecular flexibility index (Phi) is 7.83. The van der Waals surface area contributed by atoms with E-state index >= 15 is 0 Å². The quantitative estimate of drug-likeness (QED) is 0.301. The summed E-state index contributed by atoms with van der Waals surface area (Å²) in [6.07, 6.45) is 8.22. The summed E-state index contributed by atoms with van der Waals surface area (Å²) in [7, 11) is 0. The number of unbranched alkanes of at least 4 members (excludes halogenated alkanes) is 1. The lowest BCUT2D eigenvalue weighted by atomic mass is 9.69. The van der Waals surface area contributed by atoms with Gasteiger partial charge in [0, 0.05) is 17.0 Å². The Morgan fingerprint density at radius 3 is 2.42 bits per heavy atom. The van der Waals surface area contributed by atoms with Gasteiger partial charge in [0.15, 0.2) is 0 Å². The molecule has 200 valence electrons. The number of carbonyl (C=O) groups excluding carboxylic acids is 2. The van der Waals surface area contributed by atoms with Gasteiger partial charge in [0.1, 0.15) is 0 Å². The van der Waals surface area contributed by atoms with E-state index in [0.717, 1.165) is 96.6 Å². The average molecular weight is 513 g/mol. The lowest BCUT2D eigenvalue weighted by molar-refractivity contribution is -0.158. The molecule has 5 nitrogen and oxygen atoms in total. The molecule has 1 heterocycles. The number of hydrogen-bond donors (Lipinski definition) is 1. The van der Waals surface area contributed by atoms with E-state index in [2.05, 4.69) is 43.4 Å². The Labute approximate surface area is 226 Å².